The number of anilines is 1. The van der Waals surface area contributed by atoms with Gasteiger partial charge in [-0.25, -0.2) is 14.3 Å². The Morgan fingerprint density at radius 3 is 2.34 bits per heavy atom. The summed E-state index contributed by atoms with van der Waals surface area (Å²) in [6.45, 7) is 1.42. The van der Waals surface area contributed by atoms with Crippen molar-refractivity contribution in [2.45, 2.75) is 25.5 Å². The number of rotatable bonds is 6. The Labute approximate surface area is 200 Å². The lowest BCUT2D eigenvalue weighted by Crippen LogP contribution is -2.46. The fourth-order valence-corrected chi connectivity index (χ4v) is 3.97. The van der Waals surface area contributed by atoms with Crippen LogP contribution in [-0.2, 0) is 25.6 Å². The van der Waals surface area contributed by atoms with Gasteiger partial charge in [0.1, 0.15) is 17.7 Å². The number of hydroxylamine groups is 1. The predicted octanol–water partition coefficient (Wildman–Crippen LogP) is 3.44. The first-order valence-corrected chi connectivity index (χ1v) is 10.9. The van der Waals surface area contributed by atoms with E-state index in [0.717, 1.165) is 23.3 Å². The van der Waals surface area contributed by atoms with Gasteiger partial charge < -0.3 is 10.2 Å². The Balaban J connectivity index is 1.44. The second-order valence-electron chi connectivity index (χ2n) is 8.21. The number of nitrogens with one attached hydrogen (secondary N) is 2. The number of hydrogen-bond acceptors (Lipinski definition) is 4. The maximum atomic E-state index is 13.3. The number of hydrogen-bond donors (Lipinski definition) is 2. The molecule has 4 rings (SSSR count). The van der Waals surface area contributed by atoms with Gasteiger partial charge in [-0.15, -0.1) is 0 Å². The molecule has 2 atom stereocenters. The highest BCUT2D eigenvalue weighted by Gasteiger charge is 2.34. The Morgan fingerprint density at radius 2 is 1.63 bits per heavy atom. The largest absolute Gasteiger partial charge is 0.344 e. The van der Waals surface area contributed by atoms with Crippen LogP contribution >= 0.6 is 0 Å². The minimum absolute atomic E-state index is 0.132. The normalized spacial score (nSPS) is 15.5. The molecule has 0 fully saturated rings. The van der Waals surface area contributed by atoms with Crippen LogP contribution in [0.1, 0.15) is 24.2 Å². The molecule has 0 bridgehead atoms. The van der Waals surface area contributed by atoms with Crippen LogP contribution in [0.4, 0.5) is 14.5 Å². The van der Waals surface area contributed by atoms with E-state index in [1.54, 1.807) is 19.2 Å². The number of carbonyl (C=O) groups excluding carboxylic acids is 3. The van der Waals surface area contributed by atoms with Crippen molar-refractivity contribution in [2.75, 3.05) is 11.9 Å². The average molecular weight is 479 g/mol. The molecule has 35 heavy (non-hydrogen) atoms. The minimum Gasteiger partial charge on any atom is -0.344 e. The first kappa shape index (κ1) is 24.0. The molecule has 2 N–H and O–H groups in total. The lowest BCUT2D eigenvalue weighted by atomic mass is 9.97. The molecule has 1 aliphatic heterocycles. The first-order valence-electron chi connectivity index (χ1n) is 10.9. The number of amides is 3. The molecule has 7 nitrogen and oxygen atoms in total. The summed E-state index contributed by atoms with van der Waals surface area (Å²) in [6.07, 6.45) is -1.43. The molecule has 3 aromatic rings. The van der Waals surface area contributed by atoms with E-state index in [0.29, 0.717) is 17.3 Å². The van der Waals surface area contributed by atoms with E-state index >= 15 is 0 Å². The van der Waals surface area contributed by atoms with Gasteiger partial charge in [0.25, 0.3) is 11.8 Å². The van der Waals surface area contributed by atoms with Gasteiger partial charge in [0.2, 0.25) is 5.91 Å². The predicted molar refractivity (Wildman–Crippen MR) is 125 cm³/mol. The molecule has 0 saturated heterocycles. The fraction of sp³-hybridized carbons (Fsp3) is 0.192. The number of fused-ring (bicyclic) bond motifs is 3. The number of likely N-dealkylation sites (N-methyl/N-ethyl adjacent to an activating group) is 1. The monoisotopic (exact) mass is 479 g/mol. The van der Waals surface area contributed by atoms with Crippen molar-refractivity contribution in [3.05, 3.63) is 89.5 Å². The highest BCUT2D eigenvalue weighted by molar-refractivity contribution is 6.04. The summed E-state index contributed by atoms with van der Waals surface area (Å²) in [7, 11) is 1.63. The van der Waals surface area contributed by atoms with Crippen LogP contribution < -0.4 is 15.7 Å². The van der Waals surface area contributed by atoms with Crippen LogP contribution in [0.3, 0.4) is 0 Å². The topological polar surface area (TPSA) is 87.7 Å². The minimum atomic E-state index is -1.12. The molecule has 0 spiro atoms. The van der Waals surface area contributed by atoms with Crippen molar-refractivity contribution >= 4 is 23.4 Å². The third kappa shape index (κ3) is 5.20. The molecule has 1 unspecified atom stereocenters. The summed E-state index contributed by atoms with van der Waals surface area (Å²) in [4.78, 5) is 45.1. The van der Waals surface area contributed by atoms with Gasteiger partial charge in [-0.1, -0.05) is 42.5 Å². The molecule has 3 aromatic carbocycles. The van der Waals surface area contributed by atoms with Gasteiger partial charge in [-0.05, 0) is 36.2 Å². The first-order chi connectivity index (χ1) is 16.7. The Kier molecular flexibility index (Phi) is 6.88. The van der Waals surface area contributed by atoms with Gasteiger partial charge in [0.15, 0.2) is 6.10 Å². The lowest BCUT2D eigenvalue weighted by Gasteiger charge is -2.22. The van der Waals surface area contributed by atoms with Crippen LogP contribution in [0, 0.1) is 11.6 Å². The van der Waals surface area contributed by atoms with E-state index in [1.807, 2.05) is 36.4 Å². The molecule has 0 radical (unpaired) electrons. The molecule has 1 heterocycles. The number of carbonyl (C=O) groups is 3. The third-order valence-electron chi connectivity index (χ3n) is 5.69. The maximum Gasteiger partial charge on any atom is 0.265 e. The molecule has 1 aliphatic rings. The van der Waals surface area contributed by atoms with Crippen molar-refractivity contribution in [3.63, 3.8) is 0 Å². The van der Waals surface area contributed by atoms with Crippen LogP contribution in [0.5, 0.6) is 0 Å². The van der Waals surface area contributed by atoms with Crippen LogP contribution in [0.15, 0.2) is 66.7 Å². The summed E-state index contributed by atoms with van der Waals surface area (Å²) >= 11 is 0. The zero-order chi connectivity index (χ0) is 25.1. The van der Waals surface area contributed by atoms with Gasteiger partial charge in [-0.3, -0.25) is 19.2 Å². The number of para-hydroxylation sites is 1. The van der Waals surface area contributed by atoms with Crippen molar-refractivity contribution in [3.8, 4) is 11.1 Å². The zero-order valence-electron chi connectivity index (χ0n) is 19.0. The van der Waals surface area contributed by atoms with E-state index in [9.17, 15) is 23.2 Å². The van der Waals surface area contributed by atoms with Gasteiger partial charge in [-0.2, -0.15) is 0 Å². The van der Waals surface area contributed by atoms with E-state index in [2.05, 4.69) is 10.8 Å². The molecule has 9 heteroatoms. The Morgan fingerprint density at radius 1 is 1.00 bits per heavy atom. The summed E-state index contributed by atoms with van der Waals surface area (Å²) in [6, 6.07) is 16.4. The van der Waals surface area contributed by atoms with E-state index in [1.165, 1.54) is 11.8 Å². The SMILES string of the molecule is C[C@H](NC(=O)Cc1cc(F)cc(F)c1)C(=O)NOC1C(=O)N(C)c2ccccc2-c2ccccc21. The van der Waals surface area contributed by atoms with E-state index in [4.69, 9.17) is 4.84 Å². The van der Waals surface area contributed by atoms with E-state index in [-0.39, 0.29) is 17.9 Å². The summed E-state index contributed by atoms with van der Waals surface area (Å²) in [5, 5.41) is 2.45. The van der Waals surface area contributed by atoms with Crippen LogP contribution in [0.2, 0.25) is 0 Å². The Bertz CT molecular complexity index is 1280. The second kappa shape index (κ2) is 10.0. The lowest BCUT2D eigenvalue weighted by molar-refractivity contribution is -0.149. The second-order valence-corrected chi connectivity index (χ2v) is 8.21. The highest BCUT2D eigenvalue weighted by Crippen LogP contribution is 2.40. The van der Waals surface area contributed by atoms with Crippen molar-refractivity contribution in [1.29, 1.82) is 0 Å². The van der Waals surface area contributed by atoms with Gasteiger partial charge in [0, 0.05) is 24.2 Å². The fourth-order valence-electron chi connectivity index (χ4n) is 3.97. The number of halogens is 2. The van der Waals surface area contributed by atoms with Crippen LogP contribution in [-0.4, -0.2) is 30.8 Å². The van der Waals surface area contributed by atoms with Gasteiger partial charge in [0.05, 0.1) is 12.1 Å². The summed E-state index contributed by atoms with van der Waals surface area (Å²) in [5.74, 6) is -3.28. The zero-order valence-corrected chi connectivity index (χ0v) is 19.0. The highest BCUT2D eigenvalue weighted by atomic mass is 19.1. The summed E-state index contributed by atoms with van der Waals surface area (Å²) in [5.41, 5.74) is 5.33. The number of benzene rings is 3. The van der Waals surface area contributed by atoms with Crippen molar-refractivity contribution < 1.29 is 28.0 Å². The molecule has 0 aromatic heterocycles. The standard InChI is InChI=1S/C26H23F2N3O4/c1-15(29-23(32)13-16-11-17(27)14-18(28)12-16)25(33)30-35-24-21-9-4-3-7-19(21)20-8-5-6-10-22(20)31(2)26(24)34/h3-12,14-15,24H,13H2,1-2H3,(H,29,32)(H,30,33)/t15-,24?/m0/s1. The molecule has 180 valence electrons. The molecular weight excluding hydrogens is 456 g/mol. The molecule has 0 aliphatic carbocycles. The quantitative estimate of drug-likeness (QED) is 0.531. The van der Waals surface area contributed by atoms with Crippen LogP contribution in [0.25, 0.3) is 11.1 Å². The molecule has 0 saturated carbocycles. The van der Waals surface area contributed by atoms with Crippen molar-refractivity contribution in [1.82, 2.24) is 10.8 Å². The molecular formula is C26H23F2N3O4. The maximum absolute atomic E-state index is 13.3. The third-order valence-corrected chi connectivity index (χ3v) is 5.69. The average Bonchev–Trinajstić information content (AvgIpc) is 2.90. The van der Waals surface area contributed by atoms with Crippen molar-refractivity contribution in [2.24, 2.45) is 0 Å². The number of nitrogens with zero attached hydrogens (tertiary/aromatic N) is 1. The van der Waals surface area contributed by atoms with E-state index < -0.39 is 35.6 Å². The summed E-state index contributed by atoms with van der Waals surface area (Å²) < 4.78 is 26.7. The smallest absolute Gasteiger partial charge is 0.265 e. The molecule has 3 amide bonds. The van der Waals surface area contributed by atoms with Gasteiger partial charge >= 0.3 is 0 Å². The Hall–Kier alpha value is -4.11.